The molecule has 0 spiro atoms. The van der Waals surface area contributed by atoms with Crippen LogP contribution in [-0.4, -0.2) is 4.98 Å². The van der Waals surface area contributed by atoms with Crippen LogP contribution in [0.15, 0.2) is 50.9 Å². The molecule has 0 aliphatic heterocycles. The van der Waals surface area contributed by atoms with Crippen molar-refractivity contribution in [2.45, 2.75) is 16.8 Å². The van der Waals surface area contributed by atoms with Gasteiger partial charge in [-0.3, -0.25) is 0 Å². The lowest BCUT2D eigenvalue weighted by Crippen LogP contribution is -1.91. The van der Waals surface area contributed by atoms with Crippen LogP contribution in [0.3, 0.4) is 0 Å². The molecule has 0 radical (unpaired) electrons. The molecule has 2 aromatic rings. The quantitative estimate of drug-likeness (QED) is 0.913. The lowest BCUT2D eigenvalue weighted by Gasteiger charge is -2.04. The van der Waals surface area contributed by atoms with E-state index in [-0.39, 0.29) is 0 Å². The Hall–Kier alpha value is -1.00. The second kappa shape index (κ2) is 4.89. The zero-order valence-corrected chi connectivity index (χ0v) is 11.2. The van der Waals surface area contributed by atoms with Crippen LogP contribution in [0.5, 0.6) is 0 Å². The third kappa shape index (κ3) is 2.77. The SMILES string of the molecule is Cc1cc(Sc2cccc(Br)c2)ncc1N. The second-order valence-corrected chi connectivity index (χ2v) is 5.45. The summed E-state index contributed by atoms with van der Waals surface area (Å²) in [6, 6.07) is 10.1. The van der Waals surface area contributed by atoms with Crippen molar-refractivity contribution >= 4 is 33.4 Å². The van der Waals surface area contributed by atoms with Gasteiger partial charge in [-0.2, -0.15) is 0 Å². The first kappa shape index (κ1) is 11.5. The largest absolute Gasteiger partial charge is 0.397 e. The molecule has 0 aliphatic rings. The molecular formula is C12H11BrN2S. The molecule has 0 bridgehead atoms. The fourth-order valence-corrected chi connectivity index (χ4v) is 2.71. The molecule has 1 heterocycles. The van der Waals surface area contributed by atoms with Gasteiger partial charge in [-0.1, -0.05) is 33.8 Å². The molecular weight excluding hydrogens is 284 g/mol. The van der Waals surface area contributed by atoms with Gasteiger partial charge < -0.3 is 5.73 Å². The van der Waals surface area contributed by atoms with Crippen molar-refractivity contribution in [1.82, 2.24) is 4.98 Å². The van der Waals surface area contributed by atoms with Crippen molar-refractivity contribution in [3.8, 4) is 0 Å². The van der Waals surface area contributed by atoms with Crippen LogP contribution >= 0.6 is 27.7 Å². The number of halogens is 1. The Kier molecular flexibility index (Phi) is 3.51. The van der Waals surface area contributed by atoms with E-state index in [0.29, 0.717) is 0 Å². The number of aryl methyl sites for hydroxylation is 1. The summed E-state index contributed by atoms with van der Waals surface area (Å²) in [6.07, 6.45) is 1.70. The molecule has 82 valence electrons. The van der Waals surface area contributed by atoms with Crippen LogP contribution in [-0.2, 0) is 0 Å². The third-order valence-electron chi connectivity index (χ3n) is 2.14. The van der Waals surface area contributed by atoms with Crippen molar-refractivity contribution < 1.29 is 0 Å². The van der Waals surface area contributed by atoms with Crippen LogP contribution in [0, 0.1) is 6.92 Å². The lowest BCUT2D eigenvalue weighted by atomic mass is 10.3. The number of anilines is 1. The van der Waals surface area contributed by atoms with Crippen molar-refractivity contribution in [2.75, 3.05) is 5.73 Å². The molecule has 0 saturated heterocycles. The first-order chi connectivity index (χ1) is 7.65. The van der Waals surface area contributed by atoms with E-state index in [0.717, 1.165) is 25.6 Å². The fourth-order valence-electron chi connectivity index (χ4n) is 1.25. The summed E-state index contributed by atoms with van der Waals surface area (Å²) < 4.78 is 1.07. The van der Waals surface area contributed by atoms with Gasteiger partial charge in [0.15, 0.2) is 0 Å². The van der Waals surface area contributed by atoms with Crippen molar-refractivity contribution in [3.05, 3.63) is 46.6 Å². The minimum atomic E-state index is 0.735. The number of benzene rings is 1. The van der Waals surface area contributed by atoms with E-state index in [1.165, 1.54) is 0 Å². The highest BCUT2D eigenvalue weighted by atomic mass is 79.9. The fraction of sp³-hybridized carbons (Fsp3) is 0.0833. The normalized spacial score (nSPS) is 10.4. The molecule has 0 amide bonds. The first-order valence-corrected chi connectivity index (χ1v) is 6.41. The van der Waals surface area contributed by atoms with Gasteiger partial charge in [-0.15, -0.1) is 0 Å². The molecule has 2 rings (SSSR count). The summed E-state index contributed by atoms with van der Waals surface area (Å²) in [7, 11) is 0. The first-order valence-electron chi connectivity index (χ1n) is 4.81. The van der Waals surface area contributed by atoms with Crippen LogP contribution in [0.25, 0.3) is 0 Å². The van der Waals surface area contributed by atoms with Crippen LogP contribution in [0.4, 0.5) is 5.69 Å². The Morgan fingerprint density at radius 3 is 2.81 bits per heavy atom. The summed E-state index contributed by atoms with van der Waals surface area (Å²) in [5.74, 6) is 0. The van der Waals surface area contributed by atoms with E-state index < -0.39 is 0 Å². The predicted molar refractivity (Wildman–Crippen MR) is 71.7 cm³/mol. The minimum Gasteiger partial charge on any atom is -0.397 e. The number of nitrogens with two attached hydrogens (primary N) is 1. The van der Waals surface area contributed by atoms with Crippen molar-refractivity contribution in [3.63, 3.8) is 0 Å². The topological polar surface area (TPSA) is 38.9 Å². The maximum atomic E-state index is 5.73. The maximum absolute atomic E-state index is 5.73. The van der Waals surface area contributed by atoms with Gasteiger partial charge in [0, 0.05) is 9.37 Å². The number of rotatable bonds is 2. The summed E-state index contributed by atoms with van der Waals surface area (Å²) in [5.41, 5.74) is 7.52. The summed E-state index contributed by atoms with van der Waals surface area (Å²) in [4.78, 5) is 5.45. The minimum absolute atomic E-state index is 0.735. The molecule has 1 aromatic heterocycles. The Morgan fingerprint density at radius 1 is 1.31 bits per heavy atom. The van der Waals surface area contributed by atoms with Gasteiger partial charge in [-0.05, 0) is 36.8 Å². The van der Waals surface area contributed by atoms with E-state index in [2.05, 4.69) is 33.0 Å². The monoisotopic (exact) mass is 294 g/mol. The van der Waals surface area contributed by atoms with Gasteiger partial charge in [0.2, 0.25) is 0 Å². The van der Waals surface area contributed by atoms with E-state index in [4.69, 9.17) is 5.73 Å². The standard InChI is InChI=1S/C12H11BrN2S/c1-8-5-12(15-7-11(8)14)16-10-4-2-3-9(13)6-10/h2-7H,14H2,1H3. The highest BCUT2D eigenvalue weighted by Gasteiger charge is 2.01. The highest BCUT2D eigenvalue weighted by molar-refractivity contribution is 9.10. The van der Waals surface area contributed by atoms with Crippen molar-refractivity contribution in [1.29, 1.82) is 0 Å². The van der Waals surface area contributed by atoms with Crippen molar-refractivity contribution in [2.24, 2.45) is 0 Å². The molecule has 4 heteroatoms. The number of nitrogens with zero attached hydrogens (tertiary/aromatic N) is 1. The molecule has 16 heavy (non-hydrogen) atoms. The average Bonchev–Trinajstić information content (AvgIpc) is 2.24. The zero-order chi connectivity index (χ0) is 11.5. The van der Waals surface area contributed by atoms with Gasteiger partial charge in [0.1, 0.15) is 5.03 Å². The molecule has 2 nitrogen and oxygen atoms in total. The second-order valence-electron chi connectivity index (χ2n) is 3.44. The number of nitrogen functional groups attached to an aromatic ring is 1. The molecule has 1 aromatic carbocycles. The molecule has 0 unspecified atom stereocenters. The molecule has 2 N–H and O–H groups in total. The number of hydrogen-bond acceptors (Lipinski definition) is 3. The Balaban J connectivity index is 2.24. The number of hydrogen-bond donors (Lipinski definition) is 1. The Bertz CT molecular complexity index is 514. The lowest BCUT2D eigenvalue weighted by molar-refractivity contribution is 1.11. The number of pyridine rings is 1. The Morgan fingerprint density at radius 2 is 2.12 bits per heavy atom. The third-order valence-corrected chi connectivity index (χ3v) is 3.56. The Labute approximate surface area is 107 Å². The predicted octanol–water partition coefficient (Wildman–Crippen LogP) is 3.89. The van der Waals surface area contributed by atoms with E-state index in [1.54, 1.807) is 18.0 Å². The smallest absolute Gasteiger partial charge is 0.101 e. The average molecular weight is 295 g/mol. The highest BCUT2D eigenvalue weighted by Crippen LogP contribution is 2.29. The van der Waals surface area contributed by atoms with Gasteiger partial charge in [0.25, 0.3) is 0 Å². The molecule has 0 fully saturated rings. The molecule has 0 atom stereocenters. The van der Waals surface area contributed by atoms with E-state index >= 15 is 0 Å². The van der Waals surface area contributed by atoms with E-state index in [1.807, 2.05) is 25.1 Å². The summed E-state index contributed by atoms with van der Waals surface area (Å²) in [6.45, 7) is 1.99. The van der Waals surface area contributed by atoms with Crippen LogP contribution < -0.4 is 5.73 Å². The molecule has 0 aliphatic carbocycles. The number of aromatic nitrogens is 1. The zero-order valence-electron chi connectivity index (χ0n) is 8.77. The molecule has 0 saturated carbocycles. The van der Waals surface area contributed by atoms with Gasteiger partial charge in [-0.25, -0.2) is 4.98 Å². The van der Waals surface area contributed by atoms with Crippen LogP contribution in [0.2, 0.25) is 0 Å². The van der Waals surface area contributed by atoms with Gasteiger partial charge in [0.05, 0.1) is 11.9 Å². The maximum Gasteiger partial charge on any atom is 0.101 e. The van der Waals surface area contributed by atoms with Gasteiger partial charge >= 0.3 is 0 Å². The summed E-state index contributed by atoms with van der Waals surface area (Å²) in [5, 5.41) is 0.963. The van der Waals surface area contributed by atoms with Crippen LogP contribution in [0.1, 0.15) is 5.56 Å². The summed E-state index contributed by atoms with van der Waals surface area (Å²) >= 11 is 5.08. The van der Waals surface area contributed by atoms with E-state index in [9.17, 15) is 0 Å².